The molecule has 0 spiro atoms. The zero-order chi connectivity index (χ0) is 19.1. The highest BCUT2D eigenvalue weighted by Gasteiger charge is 2.16. The minimum Gasteiger partial charge on any atom is -0.449 e. The maximum Gasteiger partial charge on any atom is 0.331 e. The zero-order valence-electron chi connectivity index (χ0n) is 13.9. The van der Waals surface area contributed by atoms with Gasteiger partial charge in [0, 0.05) is 22.3 Å². The summed E-state index contributed by atoms with van der Waals surface area (Å²) in [6, 6.07) is 12.9. The highest BCUT2D eigenvalue weighted by molar-refractivity contribution is 6.30. The van der Waals surface area contributed by atoms with Crippen LogP contribution in [0, 0.1) is 0 Å². The number of amides is 2. The molecule has 7 heteroatoms. The number of benzene rings is 2. The van der Waals surface area contributed by atoms with Gasteiger partial charge < -0.3 is 15.8 Å². The number of esters is 1. The third-order valence-corrected chi connectivity index (χ3v) is 3.63. The van der Waals surface area contributed by atoms with E-state index in [0.717, 1.165) is 5.56 Å². The van der Waals surface area contributed by atoms with Crippen molar-refractivity contribution in [2.45, 2.75) is 13.0 Å². The Morgan fingerprint density at radius 2 is 1.69 bits per heavy atom. The van der Waals surface area contributed by atoms with Gasteiger partial charge in [0.05, 0.1) is 0 Å². The number of halogens is 1. The Kier molecular flexibility index (Phi) is 6.52. The van der Waals surface area contributed by atoms with Gasteiger partial charge in [0.2, 0.25) is 5.91 Å². The SMILES string of the molecule is CC(OC(=O)/C=C/c1ccc(Cl)cc1)C(=O)Nc1ccc(C(N)=O)cc1. The van der Waals surface area contributed by atoms with Crippen molar-refractivity contribution in [2.24, 2.45) is 5.73 Å². The maximum atomic E-state index is 12.1. The maximum absolute atomic E-state index is 12.1. The molecule has 1 atom stereocenters. The molecule has 0 fully saturated rings. The minimum atomic E-state index is -0.992. The second-order valence-electron chi connectivity index (χ2n) is 5.39. The molecule has 0 aliphatic rings. The highest BCUT2D eigenvalue weighted by Crippen LogP contribution is 2.12. The lowest BCUT2D eigenvalue weighted by Crippen LogP contribution is -2.29. The summed E-state index contributed by atoms with van der Waals surface area (Å²) in [6.07, 6.45) is 1.80. The van der Waals surface area contributed by atoms with Crippen LogP contribution in [0.4, 0.5) is 5.69 Å². The van der Waals surface area contributed by atoms with Crippen molar-refractivity contribution in [3.05, 3.63) is 70.8 Å². The first-order chi connectivity index (χ1) is 12.3. The molecule has 0 heterocycles. The third-order valence-electron chi connectivity index (χ3n) is 3.38. The predicted molar refractivity (Wildman–Crippen MR) is 99.6 cm³/mol. The van der Waals surface area contributed by atoms with Gasteiger partial charge in [0.25, 0.3) is 5.91 Å². The summed E-state index contributed by atoms with van der Waals surface area (Å²) in [6.45, 7) is 1.46. The van der Waals surface area contributed by atoms with Crippen LogP contribution in [0.2, 0.25) is 5.02 Å². The number of nitrogens with one attached hydrogen (secondary N) is 1. The van der Waals surface area contributed by atoms with E-state index in [1.54, 1.807) is 30.3 Å². The van der Waals surface area contributed by atoms with Gasteiger partial charge in [-0.2, -0.15) is 0 Å². The normalized spacial score (nSPS) is 11.8. The van der Waals surface area contributed by atoms with Gasteiger partial charge >= 0.3 is 5.97 Å². The molecule has 2 amide bonds. The van der Waals surface area contributed by atoms with Crippen molar-refractivity contribution in [3.8, 4) is 0 Å². The van der Waals surface area contributed by atoms with E-state index in [-0.39, 0.29) is 0 Å². The molecule has 0 aromatic heterocycles. The lowest BCUT2D eigenvalue weighted by atomic mass is 10.2. The fourth-order valence-corrected chi connectivity index (χ4v) is 2.09. The van der Waals surface area contributed by atoms with Crippen LogP contribution in [0.25, 0.3) is 6.08 Å². The average molecular weight is 373 g/mol. The van der Waals surface area contributed by atoms with E-state index < -0.39 is 23.9 Å². The Morgan fingerprint density at radius 3 is 2.27 bits per heavy atom. The van der Waals surface area contributed by atoms with Gasteiger partial charge in [-0.25, -0.2) is 4.79 Å². The van der Waals surface area contributed by atoms with Crippen LogP contribution in [-0.4, -0.2) is 23.9 Å². The zero-order valence-corrected chi connectivity index (χ0v) is 14.7. The second kappa shape index (κ2) is 8.82. The Hall–Kier alpha value is -3.12. The first-order valence-corrected chi connectivity index (χ1v) is 8.08. The van der Waals surface area contributed by atoms with Crippen molar-refractivity contribution in [1.29, 1.82) is 0 Å². The van der Waals surface area contributed by atoms with Crippen molar-refractivity contribution in [2.75, 3.05) is 5.32 Å². The largest absolute Gasteiger partial charge is 0.449 e. The molecule has 2 aromatic carbocycles. The van der Waals surface area contributed by atoms with Crippen LogP contribution in [0.15, 0.2) is 54.6 Å². The molecule has 0 saturated carbocycles. The second-order valence-corrected chi connectivity index (χ2v) is 5.83. The minimum absolute atomic E-state index is 0.329. The monoisotopic (exact) mass is 372 g/mol. The summed E-state index contributed by atoms with van der Waals surface area (Å²) < 4.78 is 5.05. The number of carbonyl (C=O) groups is 3. The number of rotatable bonds is 6. The van der Waals surface area contributed by atoms with E-state index in [1.807, 2.05) is 0 Å². The van der Waals surface area contributed by atoms with Crippen molar-refractivity contribution in [1.82, 2.24) is 0 Å². The van der Waals surface area contributed by atoms with E-state index in [1.165, 1.54) is 37.3 Å². The molecule has 2 rings (SSSR count). The third kappa shape index (κ3) is 5.75. The van der Waals surface area contributed by atoms with Gasteiger partial charge in [-0.15, -0.1) is 0 Å². The van der Waals surface area contributed by atoms with E-state index >= 15 is 0 Å². The smallest absolute Gasteiger partial charge is 0.331 e. The molecule has 3 N–H and O–H groups in total. The molecule has 134 valence electrons. The van der Waals surface area contributed by atoms with Gasteiger partial charge in [0.15, 0.2) is 6.10 Å². The summed E-state index contributed by atoms with van der Waals surface area (Å²) in [4.78, 5) is 34.9. The van der Waals surface area contributed by atoms with Crippen LogP contribution in [0.5, 0.6) is 0 Å². The Morgan fingerprint density at radius 1 is 1.08 bits per heavy atom. The number of hydrogen-bond donors (Lipinski definition) is 2. The van der Waals surface area contributed by atoms with Crippen LogP contribution in [-0.2, 0) is 14.3 Å². The van der Waals surface area contributed by atoms with Crippen molar-refractivity contribution < 1.29 is 19.1 Å². The van der Waals surface area contributed by atoms with Gasteiger partial charge in [-0.3, -0.25) is 9.59 Å². The first-order valence-electron chi connectivity index (χ1n) is 7.70. The van der Waals surface area contributed by atoms with Gasteiger partial charge in [0.1, 0.15) is 0 Å². The number of hydrogen-bond acceptors (Lipinski definition) is 4. The standard InChI is InChI=1S/C19H17ClN2O4/c1-12(19(25)22-16-9-5-14(6-10-16)18(21)24)26-17(23)11-4-13-2-7-15(20)8-3-13/h2-12H,1H3,(H2,21,24)(H,22,25)/b11-4+. The topological polar surface area (TPSA) is 98.5 Å². The summed E-state index contributed by atoms with van der Waals surface area (Å²) >= 11 is 5.79. The lowest BCUT2D eigenvalue weighted by molar-refractivity contribution is -0.148. The first kappa shape index (κ1) is 19.2. The van der Waals surface area contributed by atoms with Crippen LogP contribution < -0.4 is 11.1 Å². The summed E-state index contributed by atoms with van der Waals surface area (Å²) in [7, 11) is 0. The molecule has 6 nitrogen and oxygen atoms in total. The summed E-state index contributed by atoms with van der Waals surface area (Å²) in [5, 5.41) is 3.18. The Labute approximate surface area is 155 Å². The molecule has 26 heavy (non-hydrogen) atoms. The lowest BCUT2D eigenvalue weighted by Gasteiger charge is -2.12. The van der Waals surface area contributed by atoms with Crippen molar-refractivity contribution in [3.63, 3.8) is 0 Å². The van der Waals surface area contributed by atoms with E-state index in [9.17, 15) is 14.4 Å². The number of anilines is 1. The Bertz CT molecular complexity index is 830. The summed E-state index contributed by atoms with van der Waals surface area (Å²) in [5.41, 5.74) is 6.71. The average Bonchev–Trinajstić information content (AvgIpc) is 2.61. The van der Waals surface area contributed by atoms with Crippen LogP contribution >= 0.6 is 11.6 Å². The number of ether oxygens (including phenoxy) is 1. The van der Waals surface area contributed by atoms with E-state index in [0.29, 0.717) is 16.3 Å². The quantitative estimate of drug-likeness (QED) is 0.601. The molecule has 0 aliphatic heterocycles. The van der Waals surface area contributed by atoms with Gasteiger partial charge in [-0.1, -0.05) is 23.7 Å². The Balaban J connectivity index is 1.88. The van der Waals surface area contributed by atoms with Crippen molar-refractivity contribution >= 4 is 41.1 Å². The number of carbonyl (C=O) groups excluding carboxylic acids is 3. The predicted octanol–water partition coefficient (Wildman–Crippen LogP) is 3.02. The molecule has 0 saturated heterocycles. The molecule has 0 radical (unpaired) electrons. The molecule has 1 unspecified atom stereocenters. The number of nitrogens with two attached hydrogens (primary N) is 1. The fraction of sp³-hybridized carbons (Fsp3) is 0.105. The number of primary amides is 1. The van der Waals surface area contributed by atoms with E-state index in [4.69, 9.17) is 22.1 Å². The highest BCUT2D eigenvalue weighted by atomic mass is 35.5. The molecule has 0 bridgehead atoms. The molecular weight excluding hydrogens is 356 g/mol. The van der Waals surface area contributed by atoms with Crippen LogP contribution in [0.1, 0.15) is 22.8 Å². The molecule has 2 aromatic rings. The molecule has 0 aliphatic carbocycles. The fourth-order valence-electron chi connectivity index (χ4n) is 1.97. The van der Waals surface area contributed by atoms with Crippen LogP contribution in [0.3, 0.4) is 0 Å². The molecular formula is C19H17ClN2O4. The summed E-state index contributed by atoms with van der Waals surface area (Å²) in [5.74, 6) is -1.70. The van der Waals surface area contributed by atoms with E-state index in [2.05, 4.69) is 5.32 Å². The van der Waals surface area contributed by atoms with Gasteiger partial charge in [-0.05, 0) is 55.0 Å².